The highest BCUT2D eigenvalue weighted by molar-refractivity contribution is 7.83. The highest BCUT2D eigenvalue weighted by Crippen LogP contribution is 2.15. The second kappa shape index (κ2) is 28.9. The van der Waals surface area contributed by atoms with Crippen LogP contribution in [0.25, 0.3) is 0 Å². The fourth-order valence-electron chi connectivity index (χ4n) is 5.31. The van der Waals surface area contributed by atoms with Crippen molar-refractivity contribution in [3.05, 3.63) is 0 Å². The lowest BCUT2D eigenvalue weighted by molar-refractivity contribution is 0.335. The summed E-state index contributed by atoms with van der Waals surface area (Å²) in [5.41, 5.74) is 0. The Kier molecular flexibility index (Phi) is 28.8. The van der Waals surface area contributed by atoms with Crippen molar-refractivity contribution in [2.45, 2.75) is 194 Å². The van der Waals surface area contributed by atoms with Gasteiger partial charge in [-0.3, -0.25) is 4.55 Å². The predicted molar refractivity (Wildman–Crippen MR) is 164 cm³/mol. The highest BCUT2D eigenvalue weighted by Gasteiger charge is 2.17. The van der Waals surface area contributed by atoms with E-state index < -0.39 is 10.3 Å². The first kappa shape index (κ1) is 36.9. The summed E-state index contributed by atoms with van der Waals surface area (Å²) in [5.74, 6) is 0. The largest absolute Gasteiger partial charge is 0.335 e. The van der Waals surface area contributed by atoms with Crippen LogP contribution in [0.5, 0.6) is 0 Å². The minimum Gasteiger partial charge on any atom is -0.273 e. The van der Waals surface area contributed by atoms with Gasteiger partial charge in [0.15, 0.2) is 0 Å². The Morgan fingerprint density at radius 1 is 0.378 bits per heavy atom. The van der Waals surface area contributed by atoms with E-state index in [1.54, 1.807) is 0 Å². The summed E-state index contributed by atoms with van der Waals surface area (Å²) in [4.78, 5) is 0. The number of hydrogen-bond donors (Lipinski definition) is 1. The second-order valence-corrected chi connectivity index (χ2v) is 13.0. The first-order valence-electron chi connectivity index (χ1n) is 16.7. The Hall–Kier alpha value is -0.130. The molecule has 0 radical (unpaired) electrons. The molecule has 0 aromatic heterocycles. The fraction of sp³-hybridized carbons (Fsp3) is 1.00. The number of rotatable bonds is 31. The third-order valence-corrected chi connectivity index (χ3v) is 8.87. The van der Waals surface area contributed by atoms with E-state index in [9.17, 15) is 13.0 Å². The maximum Gasteiger partial charge on any atom is 0.335 e. The van der Waals surface area contributed by atoms with Gasteiger partial charge >= 0.3 is 10.3 Å². The van der Waals surface area contributed by atoms with Gasteiger partial charge in [-0.2, -0.15) is 12.7 Å². The van der Waals surface area contributed by atoms with Gasteiger partial charge in [-0.15, -0.1) is 0 Å². The molecule has 5 heteroatoms. The molecular formula is C32H67NO3S. The fourth-order valence-corrected chi connectivity index (χ4v) is 6.03. The van der Waals surface area contributed by atoms with Crippen molar-refractivity contribution in [1.29, 1.82) is 0 Å². The van der Waals surface area contributed by atoms with Crippen LogP contribution in [0.15, 0.2) is 0 Å². The maximum atomic E-state index is 11.7. The number of unbranched alkanes of at least 4 members (excludes halogenated alkanes) is 26. The normalized spacial score (nSPS) is 12.1. The van der Waals surface area contributed by atoms with E-state index in [2.05, 4.69) is 13.8 Å². The topological polar surface area (TPSA) is 57.6 Å². The highest BCUT2D eigenvalue weighted by atomic mass is 32.2. The maximum absolute atomic E-state index is 11.7. The molecule has 37 heavy (non-hydrogen) atoms. The molecule has 0 spiro atoms. The molecule has 0 saturated carbocycles. The molecule has 0 saturated heterocycles. The lowest BCUT2D eigenvalue weighted by atomic mass is 10.0. The average molecular weight is 546 g/mol. The number of hydrogen-bond acceptors (Lipinski definition) is 2. The third kappa shape index (κ3) is 28.7. The van der Waals surface area contributed by atoms with Gasteiger partial charge in [0.05, 0.1) is 0 Å². The van der Waals surface area contributed by atoms with Crippen LogP contribution < -0.4 is 0 Å². The van der Waals surface area contributed by atoms with Crippen LogP contribution in [0, 0.1) is 0 Å². The van der Waals surface area contributed by atoms with Crippen molar-refractivity contribution in [2.24, 2.45) is 0 Å². The van der Waals surface area contributed by atoms with Gasteiger partial charge in [0, 0.05) is 13.1 Å². The summed E-state index contributed by atoms with van der Waals surface area (Å²) in [6, 6.07) is 0. The van der Waals surface area contributed by atoms with Gasteiger partial charge in [-0.1, -0.05) is 181 Å². The smallest absolute Gasteiger partial charge is 0.273 e. The van der Waals surface area contributed by atoms with E-state index in [-0.39, 0.29) is 0 Å². The summed E-state index contributed by atoms with van der Waals surface area (Å²) >= 11 is 0. The summed E-state index contributed by atoms with van der Waals surface area (Å²) < 4.78 is 34.3. The molecule has 0 fully saturated rings. The Bertz CT molecular complexity index is 538. The van der Waals surface area contributed by atoms with Crippen molar-refractivity contribution in [3.63, 3.8) is 0 Å². The monoisotopic (exact) mass is 545 g/mol. The Balaban J connectivity index is 3.49. The zero-order valence-electron chi connectivity index (χ0n) is 25.3. The molecule has 0 rings (SSSR count). The number of nitrogens with zero attached hydrogens (tertiary/aromatic N) is 1. The van der Waals surface area contributed by atoms with E-state index in [4.69, 9.17) is 0 Å². The molecule has 0 aromatic rings. The standard InChI is InChI=1S/C32H67NO3S/c1-3-5-7-9-11-13-15-16-17-18-19-20-21-22-24-26-28-30-32-33(37(34,35)36)31-29-27-25-23-14-12-10-8-6-4-2/h3-32H2,1-2H3,(H,34,35,36). The Morgan fingerprint density at radius 2 is 0.568 bits per heavy atom. The van der Waals surface area contributed by atoms with E-state index in [1.807, 2.05) is 0 Å². The van der Waals surface area contributed by atoms with Gasteiger partial charge in [-0.05, 0) is 12.8 Å². The van der Waals surface area contributed by atoms with Crippen molar-refractivity contribution in [2.75, 3.05) is 13.1 Å². The first-order chi connectivity index (χ1) is 18.0. The molecule has 0 aliphatic heterocycles. The molecule has 0 atom stereocenters. The Morgan fingerprint density at radius 3 is 0.757 bits per heavy atom. The lowest BCUT2D eigenvalue weighted by Crippen LogP contribution is -2.32. The average Bonchev–Trinajstić information content (AvgIpc) is 2.87. The van der Waals surface area contributed by atoms with Crippen LogP contribution in [-0.4, -0.2) is 30.4 Å². The SMILES string of the molecule is CCCCCCCCCCCCCCCCCCCCN(CCCCCCCCCCCC)S(=O)(=O)O. The quantitative estimate of drug-likeness (QED) is 0.0696. The summed E-state index contributed by atoms with van der Waals surface area (Å²) in [6.45, 7) is 5.46. The molecule has 0 heterocycles. The van der Waals surface area contributed by atoms with Crippen LogP contribution >= 0.6 is 0 Å². The summed E-state index contributed by atoms with van der Waals surface area (Å²) in [6.07, 6.45) is 36.2. The van der Waals surface area contributed by atoms with Crippen LogP contribution in [-0.2, 0) is 10.3 Å². The van der Waals surface area contributed by atoms with E-state index in [0.717, 1.165) is 25.7 Å². The van der Waals surface area contributed by atoms with Gasteiger partial charge in [0.25, 0.3) is 0 Å². The molecule has 0 aromatic carbocycles. The van der Waals surface area contributed by atoms with Crippen LogP contribution in [0.1, 0.15) is 194 Å². The Labute approximate surface area is 234 Å². The third-order valence-electron chi connectivity index (χ3n) is 7.85. The molecule has 0 aliphatic rings. The van der Waals surface area contributed by atoms with Gasteiger partial charge in [-0.25, -0.2) is 0 Å². The molecular weight excluding hydrogens is 478 g/mol. The molecule has 0 aliphatic carbocycles. The molecule has 1 N–H and O–H groups in total. The van der Waals surface area contributed by atoms with E-state index in [1.165, 1.54) is 158 Å². The lowest BCUT2D eigenvalue weighted by Gasteiger charge is -2.18. The van der Waals surface area contributed by atoms with Gasteiger partial charge in [0.1, 0.15) is 0 Å². The summed E-state index contributed by atoms with van der Waals surface area (Å²) in [5, 5.41) is 0. The van der Waals surface area contributed by atoms with E-state index >= 15 is 0 Å². The minimum absolute atomic E-state index is 0.467. The zero-order valence-corrected chi connectivity index (χ0v) is 26.1. The molecule has 0 bridgehead atoms. The van der Waals surface area contributed by atoms with Crippen LogP contribution in [0.2, 0.25) is 0 Å². The van der Waals surface area contributed by atoms with Crippen molar-refractivity contribution < 1.29 is 13.0 Å². The molecule has 224 valence electrons. The minimum atomic E-state index is -4.06. The first-order valence-corrected chi connectivity index (χ1v) is 18.1. The molecule has 0 amide bonds. The van der Waals surface area contributed by atoms with Crippen LogP contribution in [0.4, 0.5) is 0 Å². The van der Waals surface area contributed by atoms with Crippen LogP contribution in [0.3, 0.4) is 0 Å². The summed E-state index contributed by atoms with van der Waals surface area (Å²) in [7, 11) is -4.06. The predicted octanol–water partition coefficient (Wildman–Crippen LogP) is 11.1. The van der Waals surface area contributed by atoms with Gasteiger partial charge in [0.2, 0.25) is 0 Å². The van der Waals surface area contributed by atoms with Crippen molar-refractivity contribution in [3.8, 4) is 0 Å². The van der Waals surface area contributed by atoms with E-state index in [0.29, 0.717) is 13.1 Å². The second-order valence-electron chi connectivity index (χ2n) is 11.6. The van der Waals surface area contributed by atoms with Crippen molar-refractivity contribution >= 4 is 10.3 Å². The van der Waals surface area contributed by atoms with Gasteiger partial charge < -0.3 is 0 Å². The zero-order chi connectivity index (χ0) is 27.3. The van der Waals surface area contributed by atoms with Crippen molar-refractivity contribution in [1.82, 2.24) is 4.31 Å². The molecule has 4 nitrogen and oxygen atoms in total. The molecule has 0 unspecified atom stereocenters.